The van der Waals surface area contributed by atoms with Crippen molar-refractivity contribution in [1.29, 1.82) is 0 Å². The normalized spacial score (nSPS) is 12.5. The van der Waals surface area contributed by atoms with E-state index in [1.165, 1.54) is 42.7 Å². The molecule has 3 N–H and O–H groups in total. The van der Waals surface area contributed by atoms with Crippen LogP contribution in [0.2, 0.25) is 0 Å². The molecule has 2 aromatic carbocycles. The van der Waals surface area contributed by atoms with Crippen LogP contribution >= 0.6 is 0 Å². The van der Waals surface area contributed by atoms with Crippen molar-refractivity contribution in [2.45, 2.75) is 18.5 Å². The van der Waals surface area contributed by atoms with Gasteiger partial charge in [0.1, 0.15) is 12.1 Å². The lowest BCUT2D eigenvalue weighted by molar-refractivity contribution is -0.159. The fraction of sp³-hybridized carbons (Fsp3) is 0.217. The van der Waals surface area contributed by atoms with Gasteiger partial charge in [-0.3, -0.25) is 4.79 Å². The highest BCUT2D eigenvalue weighted by Gasteiger charge is 2.38. The molecule has 0 aliphatic carbocycles. The first-order valence-electron chi connectivity index (χ1n) is 10.5. The molecule has 0 aliphatic rings. The number of carbonyl (C=O) groups is 1. The summed E-state index contributed by atoms with van der Waals surface area (Å²) < 4.78 is 61.1. The Balaban J connectivity index is 1.45. The summed E-state index contributed by atoms with van der Waals surface area (Å²) in [5, 5.41) is 6.11. The molecular formula is C23H19F4N5O3. The predicted octanol–water partition coefficient (Wildman–Crippen LogP) is 4.41. The summed E-state index contributed by atoms with van der Waals surface area (Å²) in [6, 6.07) is 11.5. The van der Waals surface area contributed by atoms with Gasteiger partial charge in [0.25, 0.3) is 5.91 Å². The first kappa shape index (κ1) is 24.1. The molecule has 0 saturated heterocycles. The lowest BCUT2D eigenvalue weighted by Crippen LogP contribution is -2.29. The summed E-state index contributed by atoms with van der Waals surface area (Å²) in [6.45, 7) is 0.504. The molecule has 2 heterocycles. The maximum atomic E-state index is 13.2. The standard InChI is InChI=1S/C23H19F4N5O3/c24-17-6-4-13(5-7-17)21-30-18(12-34-21)16(8-9-28)11-29-20(33)15-3-1-2-14(10-15)19-31-22(35-32-19)23(25,26)27/h1-7,10,12,16H,8-9,11,28H2,(H,29,33). The summed E-state index contributed by atoms with van der Waals surface area (Å²) in [7, 11) is 0. The number of nitrogens with one attached hydrogen (secondary N) is 1. The lowest BCUT2D eigenvalue weighted by Gasteiger charge is -2.14. The van der Waals surface area contributed by atoms with Gasteiger partial charge < -0.3 is 20.0 Å². The van der Waals surface area contributed by atoms with Crippen LogP contribution < -0.4 is 11.1 Å². The number of hydrogen-bond donors (Lipinski definition) is 2. The highest BCUT2D eigenvalue weighted by molar-refractivity contribution is 5.95. The van der Waals surface area contributed by atoms with Crippen molar-refractivity contribution < 1.29 is 31.3 Å². The van der Waals surface area contributed by atoms with Crippen LogP contribution in [0.3, 0.4) is 0 Å². The molecule has 8 nitrogen and oxygen atoms in total. The second-order valence-corrected chi connectivity index (χ2v) is 7.57. The molecule has 0 fully saturated rings. The lowest BCUT2D eigenvalue weighted by atomic mass is 10.0. The summed E-state index contributed by atoms with van der Waals surface area (Å²) in [5.41, 5.74) is 7.27. The van der Waals surface area contributed by atoms with E-state index in [0.29, 0.717) is 30.1 Å². The summed E-state index contributed by atoms with van der Waals surface area (Å²) in [5.74, 6) is -2.57. The number of nitrogens with two attached hydrogens (primary N) is 1. The molecule has 35 heavy (non-hydrogen) atoms. The van der Waals surface area contributed by atoms with Crippen molar-refractivity contribution >= 4 is 5.91 Å². The Morgan fingerprint density at radius 2 is 1.86 bits per heavy atom. The number of aromatic nitrogens is 3. The quantitative estimate of drug-likeness (QED) is 0.352. The van der Waals surface area contributed by atoms with E-state index in [4.69, 9.17) is 10.2 Å². The van der Waals surface area contributed by atoms with E-state index < -0.39 is 18.0 Å². The Morgan fingerprint density at radius 1 is 1.09 bits per heavy atom. The zero-order chi connectivity index (χ0) is 25.0. The minimum absolute atomic E-state index is 0.177. The monoisotopic (exact) mass is 489 g/mol. The van der Waals surface area contributed by atoms with Gasteiger partial charge in [-0.05, 0) is 49.4 Å². The molecule has 0 spiro atoms. The van der Waals surface area contributed by atoms with Crippen LogP contribution in [0.5, 0.6) is 0 Å². The van der Waals surface area contributed by atoms with Gasteiger partial charge in [-0.2, -0.15) is 18.2 Å². The average Bonchev–Trinajstić information content (AvgIpc) is 3.53. The number of oxazole rings is 1. The van der Waals surface area contributed by atoms with Crippen LogP contribution in [0.1, 0.15) is 34.3 Å². The van der Waals surface area contributed by atoms with Gasteiger partial charge in [0, 0.05) is 29.2 Å². The Bertz CT molecular complexity index is 1300. The molecule has 0 bridgehead atoms. The highest BCUT2D eigenvalue weighted by Crippen LogP contribution is 2.29. The Morgan fingerprint density at radius 3 is 2.54 bits per heavy atom. The van der Waals surface area contributed by atoms with E-state index in [9.17, 15) is 22.4 Å². The van der Waals surface area contributed by atoms with Crippen molar-refractivity contribution in [3.8, 4) is 22.8 Å². The summed E-state index contributed by atoms with van der Waals surface area (Å²) >= 11 is 0. The molecule has 182 valence electrons. The van der Waals surface area contributed by atoms with E-state index in [1.54, 1.807) is 12.1 Å². The highest BCUT2D eigenvalue weighted by atomic mass is 19.4. The first-order chi connectivity index (χ1) is 16.7. The molecule has 1 atom stereocenters. The third-order valence-electron chi connectivity index (χ3n) is 5.11. The molecule has 0 radical (unpaired) electrons. The Labute approximate surface area is 196 Å². The molecule has 0 aliphatic heterocycles. The van der Waals surface area contributed by atoms with Crippen LogP contribution in [0, 0.1) is 5.82 Å². The molecule has 2 aromatic heterocycles. The minimum Gasteiger partial charge on any atom is -0.444 e. The molecule has 0 saturated carbocycles. The first-order valence-corrected chi connectivity index (χ1v) is 10.5. The fourth-order valence-corrected chi connectivity index (χ4v) is 3.33. The number of halogens is 4. The van der Waals surface area contributed by atoms with E-state index in [-0.39, 0.29) is 35.2 Å². The van der Waals surface area contributed by atoms with E-state index in [2.05, 4.69) is 25.0 Å². The van der Waals surface area contributed by atoms with Crippen LogP contribution in [0.15, 0.2) is 63.7 Å². The van der Waals surface area contributed by atoms with Crippen molar-refractivity contribution in [3.63, 3.8) is 0 Å². The second-order valence-electron chi connectivity index (χ2n) is 7.57. The predicted molar refractivity (Wildman–Crippen MR) is 115 cm³/mol. The third kappa shape index (κ3) is 5.72. The Kier molecular flexibility index (Phi) is 6.92. The van der Waals surface area contributed by atoms with Crippen molar-refractivity contribution in [2.24, 2.45) is 5.73 Å². The van der Waals surface area contributed by atoms with Gasteiger partial charge >= 0.3 is 12.1 Å². The summed E-state index contributed by atoms with van der Waals surface area (Å²) in [4.78, 5) is 20.5. The van der Waals surface area contributed by atoms with Gasteiger partial charge in [0.2, 0.25) is 11.7 Å². The average molecular weight is 489 g/mol. The van der Waals surface area contributed by atoms with Crippen LogP contribution in [0.25, 0.3) is 22.8 Å². The topological polar surface area (TPSA) is 120 Å². The van der Waals surface area contributed by atoms with Crippen LogP contribution in [-0.2, 0) is 6.18 Å². The van der Waals surface area contributed by atoms with Crippen molar-refractivity contribution in [3.05, 3.63) is 77.8 Å². The van der Waals surface area contributed by atoms with Crippen LogP contribution in [-0.4, -0.2) is 34.1 Å². The number of benzene rings is 2. The minimum atomic E-state index is -4.77. The maximum Gasteiger partial charge on any atom is 0.471 e. The molecule has 12 heteroatoms. The smallest absolute Gasteiger partial charge is 0.444 e. The van der Waals surface area contributed by atoms with Crippen molar-refractivity contribution in [2.75, 3.05) is 13.1 Å². The molecule has 1 amide bonds. The number of rotatable bonds is 8. The van der Waals surface area contributed by atoms with Gasteiger partial charge in [-0.25, -0.2) is 9.37 Å². The van der Waals surface area contributed by atoms with Crippen molar-refractivity contribution in [1.82, 2.24) is 20.4 Å². The molecular weight excluding hydrogens is 470 g/mol. The molecule has 4 rings (SSSR count). The number of nitrogens with zero attached hydrogens (tertiary/aromatic N) is 3. The largest absolute Gasteiger partial charge is 0.471 e. The molecule has 4 aromatic rings. The third-order valence-corrected chi connectivity index (χ3v) is 5.11. The number of amides is 1. The number of carbonyl (C=O) groups excluding carboxylic acids is 1. The number of hydrogen-bond acceptors (Lipinski definition) is 7. The Hall–Kier alpha value is -4.06. The molecule has 1 unspecified atom stereocenters. The maximum absolute atomic E-state index is 13.2. The second kappa shape index (κ2) is 10.1. The zero-order valence-corrected chi connectivity index (χ0v) is 18.1. The van der Waals surface area contributed by atoms with Gasteiger partial charge in [0.15, 0.2) is 0 Å². The SMILES string of the molecule is NCCC(CNC(=O)c1cccc(-c2noc(C(F)(F)F)n2)c1)c1coc(-c2ccc(F)cc2)n1. The zero-order valence-electron chi connectivity index (χ0n) is 18.1. The van der Waals surface area contributed by atoms with Crippen LogP contribution in [0.4, 0.5) is 17.6 Å². The fourth-order valence-electron chi connectivity index (χ4n) is 3.33. The van der Waals surface area contributed by atoms with Gasteiger partial charge in [-0.15, -0.1) is 0 Å². The van der Waals surface area contributed by atoms with E-state index in [0.717, 1.165) is 0 Å². The van der Waals surface area contributed by atoms with Gasteiger partial charge in [-0.1, -0.05) is 17.3 Å². The summed E-state index contributed by atoms with van der Waals surface area (Å²) in [6.07, 6.45) is -2.81. The van der Waals surface area contributed by atoms with E-state index in [1.807, 2.05) is 0 Å². The number of alkyl halides is 3. The van der Waals surface area contributed by atoms with Gasteiger partial charge in [0.05, 0.1) is 5.69 Å². The van der Waals surface area contributed by atoms with E-state index >= 15 is 0 Å².